The Kier molecular flexibility index (Phi) is 6.36. The van der Waals surface area contributed by atoms with Crippen molar-refractivity contribution in [2.45, 2.75) is 0 Å². The van der Waals surface area contributed by atoms with Crippen LogP contribution in [0.25, 0.3) is 0 Å². The fraction of sp³-hybridized carbons (Fsp3) is 0.278. The molecule has 2 rings (SSSR count). The lowest BCUT2D eigenvalue weighted by Crippen LogP contribution is -2.11. The maximum absolute atomic E-state index is 11.7. The Bertz CT molecular complexity index is 833. The van der Waals surface area contributed by atoms with E-state index < -0.39 is 5.97 Å². The number of ether oxygens (including phenoxy) is 3. The Hall–Kier alpha value is -3.31. The van der Waals surface area contributed by atoms with Gasteiger partial charge in [-0.15, -0.1) is 0 Å². The maximum Gasteiger partial charge on any atom is 0.340 e. The van der Waals surface area contributed by atoms with Gasteiger partial charge in [0.25, 0.3) is 0 Å². The molecule has 8 nitrogen and oxygen atoms in total. The Balaban J connectivity index is 2.43. The van der Waals surface area contributed by atoms with E-state index in [0.717, 1.165) is 0 Å². The van der Waals surface area contributed by atoms with E-state index in [-0.39, 0.29) is 29.1 Å². The van der Waals surface area contributed by atoms with Crippen LogP contribution in [0.15, 0.2) is 24.3 Å². The number of aromatic carboxylic acids is 1. The van der Waals surface area contributed by atoms with Crippen LogP contribution in [0.5, 0.6) is 23.5 Å². The lowest BCUT2D eigenvalue weighted by molar-refractivity contribution is 0.0693. The first-order valence-corrected chi connectivity index (χ1v) is 7.59. The molecule has 2 aromatic rings. The van der Waals surface area contributed by atoms with Crippen molar-refractivity contribution in [2.24, 2.45) is 0 Å². The highest BCUT2D eigenvalue weighted by Gasteiger charge is 2.18. The number of methoxy groups -OCH3 is 2. The molecule has 0 bridgehead atoms. The molecule has 0 radical (unpaired) electrons. The molecule has 1 N–H and O–H groups in total. The zero-order valence-electron chi connectivity index (χ0n) is 14.9. The molecule has 1 aromatic heterocycles. The summed E-state index contributed by atoms with van der Waals surface area (Å²) in [5, 5.41) is 9.59. The van der Waals surface area contributed by atoms with Gasteiger partial charge in [-0.25, -0.2) is 4.79 Å². The van der Waals surface area contributed by atoms with E-state index in [1.54, 1.807) is 12.1 Å². The van der Waals surface area contributed by atoms with Gasteiger partial charge in [0.15, 0.2) is 0 Å². The van der Waals surface area contributed by atoms with Gasteiger partial charge >= 0.3 is 12.0 Å². The van der Waals surface area contributed by atoms with E-state index >= 15 is 0 Å². The summed E-state index contributed by atoms with van der Waals surface area (Å²) in [5.41, 5.74) is 0.274. The van der Waals surface area contributed by atoms with E-state index in [0.29, 0.717) is 12.1 Å². The van der Waals surface area contributed by atoms with Crippen LogP contribution in [-0.2, 0) is 0 Å². The third-order valence-corrected chi connectivity index (χ3v) is 3.14. The van der Waals surface area contributed by atoms with Crippen molar-refractivity contribution >= 4 is 5.97 Å². The van der Waals surface area contributed by atoms with Crippen LogP contribution in [0, 0.1) is 11.8 Å². The molecule has 1 aromatic carbocycles. The second-order valence-electron chi connectivity index (χ2n) is 5.36. The number of benzene rings is 1. The molecule has 0 aliphatic heterocycles. The molecule has 0 saturated heterocycles. The molecule has 0 unspecified atom stereocenters. The largest absolute Gasteiger partial charge is 0.481 e. The van der Waals surface area contributed by atoms with Gasteiger partial charge < -0.3 is 19.3 Å². The van der Waals surface area contributed by atoms with Gasteiger partial charge in [0.05, 0.1) is 26.8 Å². The van der Waals surface area contributed by atoms with Crippen LogP contribution in [0.1, 0.15) is 15.9 Å². The lowest BCUT2D eigenvalue weighted by atomic mass is 10.1. The maximum atomic E-state index is 11.7. The van der Waals surface area contributed by atoms with Crippen molar-refractivity contribution in [3.05, 3.63) is 35.4 Å². The number of carboxylic acid groups (broad SMARTS) is 1. The van der Waals surface area contributed by atoms with Crippen LogP contribution in [0.3, 0.4) is 0 Å². The highest BCUT2D eigenvalue weighted by Crippen LogP contribution is 2.28. The fourth-order valence-corrected chi connectivity index (χ4v) is 1.97. The minimum atomic E-state index is -1.16. The van der Waals surface area contributed by atoms with Gasteiger partial charge in [0, 0.05) is 5.56 Å². The van der Waals surface area contributed by atoms with Crippen molar-refractivity contribution in [1.29, 1.82) is 0 Å². The second kappa shape index (κ2) is 8.69. The van der Waals surface area contributed by atoms with Crippen molar-refractivity contribution < 1.29 is 24.1 Å². The average molecular weight is 357 g/mol. The number of nitrogens with zero attached hydrogens (tertiary/aromatic N) is 3. The van der Waals surface area contributed by atoms with Crippen LogP contribution < -0.4 is 14.2 Å². The molecule has 0 atom stereocenters. The molecule has 8 heteroatoms. The Labute approximate surface area is 151 Å². The summed E-state index contributed by atoms with van der Waals surface area (Å²) < 4.78 is 15.7. The van der Waals surface area contributed by atoms with Crippen molar-refractivity contribution in [1.82, 2.24) is 14.9 Å². The summed E-state index contributed by atoms with van der Waals surface area (Å²) >= 11 is 0. The molecule has 0 fully saturated rings. The SMILES string of the molecule is COc1cc(OC)nc(Oc2cccc(C#CCN(C)C)c2C(=O)O)n1. The summed E-state index contributed by atoms with van der Waals surface area (Å²) in [7, 11) is 6.63. The predicted octanol–water partition coefficient (Wildman–Crippen LogP) is 1.90. The van der Waals surface area contributed by atoms with Crippen molar-refractivity contribution in [2.75, 3.05) is 34.9 Å². The van der Waals surface area contributed by atoms with E-state index in [1.807, 2.05) is 19.0 Å². The normalized spacial score (nSPS) is 10.0. The topological polar surface area (TPSA) is 94.0 Å². The standard InChI is InChI=1S/C18H19N3O5/c1-21(2)10-6-8-12-7-5-9-13(16(12)17(22)23)26-18-19-14(24-3)11-15(20-18)25-4/h5,7,9,11H,10H2,1-4H3,(H,22,23). The lowest BCUT2D eigenvalue weighted by Gasteiger charge is -2.10. The number of rotatable bonds is 6. The van der Waals surface area contributed by atoms with Gasteiger partial charge in [-0.2, -0.15) is 9.97 Å². The smallest absolute Gasteiger partial charge is 0.340 e. The van der Waals surface area contributed by atoms with Crippen molar-refractivity contribution in [3.8, 4) is 35.4 Å². The first-order valence-electron chi connectivity index (χ1n) is 7.59. The molecular weight excluding hydrogens is 338 g/mol. The summed E-state index contributed by atoms with van der Waals surface area (Å²) in [4.78, 5) is 21.7. The number of carboxylic acids is 1. The monoisotopic (exact) mass is 357 g/mol. The van der Waals surface area contributed by atoms with Crippen LogP contribution in [0.4, 0.5) is 0 Å². The van der Waals surface area contributed by atoms with Gasteiger partial charge in [-0.3, -0.25) is 4.90 Å². The van der Waals surface area contributed by atoms with Gasteiger partial charge in [0.2, 0.25) is 11.8 Å². The molecule has 1 heterocycles. The molecule has 0 aliphatic rings. The van der Waals surface area contributed by atoms with Crippen LogP contribution in [0.2, 0.25) is 0 Å². The van der Waals surface area contributed by atoms with E-state index in [2.05, 4.69) is 21.8 Å². The number of hydrogen-bond donors (Lipinski definition) is 1. The fourth-order valence-electron chi connectivity index (χ4n) is 1.97. The predicted molar refractivity (Wildman–Crippen MR) is 94.0 cm³/mol. The molecule has 0 amide bonds. The molecule has 26 heavy (non-hydrogen) atoms. The third-order valence-electron chi connectivity index (χ3n) is 3.14. The van der Waals surface area contributed by atoms with Crippen LogP contribution >= 0.6 is 0 Å². The molecule has 0 spiro atoms. The zero-order valence-corrected chi connectivity index (χ0v) is 14.9. The minimum absolute atomic E-state index is 0.0656. The van der Waals surface area contributed by atoms with E-state index in [9.17, 15) is 9.90 Å². The zero-order chi connectivity index (χ0) is 19.1. The Morgan fingerprint density at radius 3 is 2.38 bits per heavy atom. The van der Waals surface area contributed by atoms with E-state index in [1.165, 1.54) is 26.4 Å². The third kappa shape index (κ3) is 4.84. The average Bonchev–Trinajstić information content (AvgIpc) is 2.60. The quantitative estimate of drug-likeness (QED) is 0.784. The Morgan fingerprint density at radius 2 is 1.85 bits per heavy atom. The number of carbonyl (C=O) groups is 1. The number of aromatic nitrogens is 2. The highest BCUT2D eigenvalue weighted by molar-refractivity contribution is 5.94. The summed E-state index contributed by atoms with van der Waals surface area (Å²) in [5.74, 6) is 5.13. The highest BCUT2D eigenvalue weighted by atomic mass is 16.5. The van der Waals surface area contributed by atoms with E-state index in [4.69, 9.17) is 14.2 Å². The van der Waals surface area contributed by atoms with Crippen molar-refractivity contribution in [3.63, 3.8) is 0 Å². The van der Waals surface area contributed by atoms with Gasteiger partial charge in [0.1, 0.15) is 11.3 Å². The van der Waals surface area contributed by atoms with Gasteiger partial charge in [-0.05, 0) is 26.2 Å². The van der Waals surface area contributed by atoms with Gasteiger partial charge in [-0.1, -0.05) is 17.9 Å². The Morgan fingerprint density at radius 1 is 1.19 bits per heavy atom. The van der Waals surface area contributed by atoms with Crippen LogP contribution in [-0.4, -0.2) is 60.8 Å². The molecule has 136 valence electrons. The molecule has 0 saturated carbocycles. The first-order chi connectivity index (χ1) is 12.4. The molecular formula is C18H19N3O5. The summed E-state index contributed by atoms with van der Waals surface area (Å²) in [6.45, 7) is 0.500. The number of hydrogen-bond acceptors (Lipinski definition) is 7. The summed E-state index contributed by atoms with van der Waals surface area (Å²) in [6, 6.07) is 6.16. The summed E-state index contributed by atoms with van der Waals surface area (Å²) in [6.07, 6.45) is 0. The second-order valence-corrected chi connectivity index (χ2v) is 5.36. The molecule has 0 aliphatic carbocycles. The first kappa shape index (κ1) is 19.0. The minimum Gasteiger partial charge on any atom is -0.481 e.